The molecule has 0 heterocycles. The van der Waals surface area contributed by atoms with Crippen LogP contribution in [0.5, 0.6) is 5.75 Å². The smallest absolute Gasteiger partial charge is 0.270 e. The van der Waals surface area contributed by atoms with Crippen molar-refractivity contribution >= 4 is 33.2 Å². The minimum atomic E-state index is -0.552. The molecule has 1 amide bonds. The molecule has 0 spiro atoms. The van der Waals surface area contributed by atoms with E-state index in [2.05, 4.69) is 15.9 Å². The molecule has 21 heavy (non-hydrogen) atoms. The van der Waals surface area contributed by atoms with Crippen molar-refractivity contribution in [1.29, 1.82) is 0 Å². The number of aromatic hydroxyl groups is 1. The molecule has 0 saturated carbocycles. The molecule has 2 aromatic carbocycles. The molecule has 0 aliphatic heterocycles. The minimum Gasteiger partial charge on any atom is -0.508 e. The fourth-order valence-corrected chi connectivity index (χ4v) is 2.18. The number of amides is 1. The Balaban J connectivity index is 2.37. The summed E-state index contributed by atoms with van der Waals surface area (Å²) in [6, 6.07) is 10.1. The second-order valence-corrected chi connectivity index (χ2v) is 5.16. The van der Waals surface area contributed by atoms with E-state index in [0.29, 0.717) is 10.2 Å². The summed E-state index contributed by atoms with van der Waals surface area (Å²) >= 11 is 3.22. The summed E-state index contributed by atoms with van der Waals surface area (Å²) in [5.74, 6) is -0.299. The monoisotopic (exact) mass is 350 g/mol. The Bertz CT molecular complexity index is 701. The van der Waals surface area contributed by atoms with Crippen LogP contribution in [0.3, 0.4) is 0 Å². The molecule has 0 unspecified atom stereocenters. The van der Waals surface area contributed by atoms with Gasteiger partial charge in [-0.3, -0.25) is 14.9 Å². The largest absolute Gasteiger partial charge is 0.508 e. The number of phenolic OH excluding ortho intramolecular Hbond substituents is 1. The van der Waals surface area contributed by atoms with Crippen LogP contribution in [-0.4, -0.2) is 23.0 Å². The Hall–Kier alpha value is -2.41. The Kier molecular flexibility index (Phi) is 4.23. The van der Waals surface area contributed by atoms with Crippen LogP contribution in [0.25, 0.3) is 0 Å². The number of carbonyl (C=O) groups excluding carboxylic acids is 1. The van der Waals surface area contributed by atoms with Crippen molar-refractivity contribution in [2.24, 2.45) is 0 Å². The molecule has 0 bridgehead atoms. The third-order valence-corrected chi connectivity index (χ3v) is 3.62. The topological polar surface area (TPSA) is 83.7 Å². The molecule has 0 atom stereocenters. The van der Waals surface area contributed by atoms with Crippen LogP contribution < -0.4 is 4.90 Å². The molecular formula is C14H11BrN2O4. The maximum absolute atomic E-state index is 12.4. The Morgan fingerprint density at radius 2 is 1.86 bits per heavy atom. The molecule has 0 saturated heterocycles. The van der Waals surface area contributed by atoms with E-state index in [-0.39, 0.29) is 17.0 Å². The van der Waals surface area contributed by atoms with Gasteiger partial charge in [-0.1, -0.05) is 0 Å². The van der Waals surface area contributed by atoms with Crippen molar-refractivity contribution < 1.29 is 14.8 Å². The van der Waals surface area contributed by atoms with Gasteiger partial charge < -0.3 is 10.0 Å². The van der Waals surface area contributed by atoms with Gasteiger partial charge in [-0.05, 0) is 46.3 Å². The van der Waals surface area contributed by atoms with Gasteiger partial charge in [0.2, 0.25) is 0 Å². The van der Waals surface area contributed by atoms with Crippen molar-refractivity contribution in [2.45, 2.75) is 0 Å². The maximum atomic E-state index is 12.4. The minimum absolute atomic E-state index is 0.0936. The molecule has 0 aliphatic carbocycles. The van der Waals surface area contributed by atoms with Gasteiger partial charge in [0, 0.05) is 29.3 Å². The summed E-state index contributed by atoms with van der Waals surface area (Å²) in [5, 5.41) is 20.1. The fourth-order valence-electron chi connectivity index (χ4n) is 1.76. The molecule has 7 heteroatoms. The van der Waals surface area contributed by atoms with Crippen LogP contribution in [0.4, 0.5) is 11.4 Å². The van der Waals surface area contributed by atoms with Crippen LogP contribution in [0, 0.1) is 10.1 Å². The van der Waals surface area contributed by atoms with E-state index >= 15 is 0 Å². The van der Waals surface area contributed by atoms with Gasteiger partial charge in [0.1, 0.15) is 5.75 Å². The van der Waals surface area contributed by atoms with E-state index < -0.39 is 10.8 Å². The van der Waals surface area contributed by atoms with Crippen molar-refractivity contribution in [1.82, 2.24) is 0 Å². The zero-order chi connectivity index (χ0) is 15.6. The lowest BCUT2D eigenvalue weighted by Gasteiger charge is -2.18. The highest BCUT2D eigenvalue weighted by Gasteiger charge is 2.19. The molecule has 0 aromatic heterocycles. The molecule has 0 fully saturated rings. The quantitative estimate of drug-likeness (QED) is 0.679. The average Bonchev–Trinajstić information content (AvgIpc) is 2.47. The van der Waals surface area contributed by atoms with E-state index in [9.17, 15) is 20.0 Å². The molecule has 0 aliphatic rings. The average molecular weight is 351 g/mol. The van der Waals surface area contributed by atoms with E-state index in [1.165, 1.54) is 35.2 Å². The number of nitro groups is 1. The van der Waals surface area contributed by atoms with Gasteiger partial charge in [-0.2, -0.15) is 0 Å². The molecule has 6 nitrogen and oxygen atoms in total. The first-order chi connectivity index (χ1) is 9.90. The lowest BCUT2D eigenvalue weighted by atomic mass is 10.1. The predicted molar refractivity (Wildman–Crippen MR) is 81.6 cm³/mol. The molecular weight excluding hydrogens is 340 g/mol. The SMILES string of the molecule is CN(C(=O)c1cc([N+](=O)[O-])ccc1Br)c1ccc(O)cc1. The van der Waals surface area contributed by atoms with Crippen LogP contribution in [0.2, 0.25) is 0 Å². The van der Waals surface area contributed by atoms with Gasteiger partial charge in [0.25, 0.3) is 11.6 Å². The summed E-state index contributed by atoms with van der Waals surface area (Å²) in [7, 11) is 1.56. The standard InChI is InChI=1S/C14H11BrN2O4/c1-16(9-2-5-11(18)6-3-9)14(19)12-8-10(17(20)21)4-7-13(12)15/h2-8,18H,1H3. The number of phenols is 1. The zero-order valence-electron chi connectivity index (χ0n) is 11.0. The number of benzene rings is 2. The Labute approximate surface area is 128 Å². The highest BCUT2D eigenvalue weighted by atomic mass is 79.9. The van der Waals surface area contributed by atoms with Gasteiger partial charge >= 0.3 is 0 Å². The zero-order valence-corrected chi connectivity index (χ0v) is 12.6. The normalized spacial score (nSPS) is 10.2. The molecule has 2 rings (SSSR count). The fraction of sp³-hybridized carbons (Fsp3) is 0.0714. The number of anilines is 1. The first kappa shape index (κ1) is 15.0. The molecule has 1 N–H and O–H groups in total. The number of nitro benzene ring substituents is 1. The Morgan fingerprint density at radius 3 is 2.43 bits per heavy atom. The number of hydrogen-bond acceptors (Lipinski definition) is 4. The predicted octanol–water partition coefficient (Wildman–Crippen LogP) is 3.34. The first-order valence-corrected chi connectivity index (χ1v) is 6.70. The summed E-state index contributed by atoms with van der Waals surface area (Å²) < 4.78 is 0.476. The lowest BCUT2D eigenvalue weighted by molar-refractivity contribution is -0.384. The highest BCUT2D eigenvalue weighted by molar-refractivity contribution is 9.10. The highest BCUT2D eigenvalue weighted by Crippen LogP contribution is 2.26. The number of non-ortho nitro benzene ring substituents is 1. The van der Waals surface area contributed by atoms with Crippen LogP contribution >= 0.6 is 15.9 Å². The summed E-state index contributed by atoms with van der Waals surface area (Å²) in [4.78, 5) is 24.0. The number of rotatable bonds is 3. The number of halogens is 1. The molecule has 0 radical (unpaired) electrons. The third kappa shape index (κ3) is 3.19. The third-order valence-electron chi connectivity index (χ3n) is 2.93. The Morgan fingerprint density at radius 1 is 1.24 bits per heavy atom. The number of hydrogen-bond donors (Lipinski definition) is 1. The van der Waals surface area contributed by atoms with Gasteiger partial charge in [-0.15, -0.1) is 0 Å². The van der Waals surface area contributed by atoms with E-state index in [0.717, 1.165) is 0 Å². The first-order valence-electron chi connectivity index (χ1n) is 5.91. The van der Waals surface area contributed by atoms with E-state index in [4.69, 9.17) is 0 Å². The lowest BCUT2D eigenvalue weighted by Crippen LogP contribution is -2.26. The van der Waals surface area contributed by atoms with Crippen molar-refractivity contribution in [3.05, 3.63) is 62.6 Å². The summed E-state index contributed by atoms with van der Waals surface area (Å²) in [5.41, 5.74) is 0.608. The van der Waals surface area contributed by atoms with Crippen LogP contribution in [0.1, 0.15) is 10.4 Å². The van der Waals surface area contributed by atoms with Gasteiger partial charge in [-0.25, -0.2) is 0 Å². The van der Waals surface area contributed by atoms with Gasteiger partial charge in [0.15, 0.2) is 0 Å². The van der Waals surface area contributed by atoms with E-state index in [1.807, 2.05) is 0 Å². The van der Waals surface area contributed by atoms with Gasteiger partial charge in [0.05, 0.1) is 10.5 Å². The van der Waals surface area contributed by atoms with E-state index in [1.54, 1.807) is 19.2 Å². The second kappa shape index (κ2) is 5.92. The molecule has 108 valence electrons. The summed E-state index contributed by atoms with van der Waals surface area (Å²) in [6.07, 6.45) is 0. The maximum Gasteiger partial charge on any atom is 0.270 e. The van der Waals surface area contributed by atoms with Crippen molar-refractivity contribution in [2.75, 3.05) is 11.9 Å². The number of carbonyl (C=O) groups is 1. The van der Waals surface area contributed by atoms with Crippen molar-refractivity contribution in [3.8, 4) is 5.75 Å². The van der Waals surface area contributed by atoms with Crippen molar-refractivity contribution in [3.63, 3.8) is 0 Å². The number of nitrogens with zero attached hydrogens (tertiary/aromatic N) is 2. The second-order valence-electron chi connectivity index (χ2n) is 4.30. The summed E-state index contributed by atoms with van der Waals surface area (Å²) in [6.45, 7) is 0. The van der Waals surface area contributed by atoms with Crippen LogP contribution in [0.15, 0.2) is 46.9 Å². The molecule has 2 aromatic rings. The van der Waals surface area contributed by atoms with Crippen LogP contribution in [-0.2, 0) is 0 Å².